The molecular weight excluding hydrogens is 397 g/mol. The van der Waals surface area contributed by atoms with E-state index in [2.05, 4.69) is 29.8 Å². The molecule has 0 saturated heterocycles. The van der Waals surface area contributed by atoms with E-state index in [4.69, 9.17) is 28.6 Å². The molecule has 0 amide bonds. The number of hydrogen-bond donors (Lipinski definition) is 1. The molecule has 0 spiro atoms. The first-order valence-electron chi connectivity index (χ1n) is 8.50. The minimum atomic E-state index is 0.105. The van der Waals surface area contributed by atoms with Crippen LogP contribution in [0.2, 0.25) is 9.36 Å². The van der Waals surface area contributed by atoms with Gasteiger partial charge in [-0.05, 0) is 34.9 Å². The third-order valence-corrected chi connectivity index (χ3v) is 6.28. The normalized spacial score (nSPS) is 16.1. The van der Waals surface area contributed by atoms with Crippen molar-refractivity contribution in [1.82, 2.24) is 9.88 Å². The summed E-state index contributed by atoms with van der Waals surface area (Å²) >= 11 is 14.1. The number of nitrogens with one attached hydrogen (secondary N) is 1. The summed E-state index contributed by atoms with van der Waals surface area (Å²) in [4.78, 5) is 7.48. The van der Waals surface area contributed by atoms with E-state index < -0.39 is 0 Å². The fraction of sp³-hybridized carbons (Fsp3) is 0.143. The van der Waals surface area contributed by atoms with E-state index in [9.17, 15) is 0 Å². The number of benzene rings is 1. The van der Waals surface area contributed by atoms with Gasteiger partial charge in [-0.2, -0.15) is 0 Å². The molecular formula is C21H17Cl2N3S. The van der Waals surface area contributed by atoms with Crippen molar-refractivity contribution in [2.75, 3.05) is 6.54 Å². The van der Waals surface area contributed by atoms with E-state index in [1.165, 1.54) is 16.0 Å². The molecule has 1 aromatic carbocycles. The van der Waals surface area contributed by atoms with Gasteiger partial charge >= 0.3 is 0 Å². The van der Waals surface area contributed by atoms with Gasteiger partial charge in [0.2, 0.25) is 0 Å². The summed E-state index contributed by atoms with van der Waals surface area (Å²) in [5, 5.41) is 8.84. The van der Waals surface area contributed by atoms with Crippen molar-refractivity contribution in [2.24, 2.45) is 0 Å². The second kappa shape index (κ2) is 7.47. The highest BCUT2D eigenvalue weighted by Crippen LogP contribution is 2.42. The molecule has 3 nitrogen and oxygen atoms in total. The standard InChI is InChI=1S/C21H17Cl2N3S/c1-2-21(24)26-11-18(17-8-20(23)27-19(17)12-26)16-6-4-3-5-15(16)13-7-14(22)10-25-9-13/h2-10,18,24H,1,11-12H2/t18-/m1/s1. The fourth-order valence-electron chi connectivity index (χ4n) is 3.59. The van der Waals surface area contributed by atoms with Crippen LogP contribution < -0.4 is 0 Å². The van der Waals surface area contributed by atoms with Crippen LogP contribution >= 0.6 is 34.5 Å². The molecule has 0 bridgehead atoms. The summed E-state index contributed by atoms with van der Waals surface area (Å²) in [6.07, 6.45) is 5.06. The van der Waals surface area contributed by atoms with Crippen LogP contribution in [-0.4, -0.2) is 22.3 Å². The summed E-state index contributed by atoms with van der Waals surface area (Å²) in [5.74, 6) is 0.532. The maximum absolute atomic E-state index is 8.23. The van der Waals surface area contributed by atoms with Gasteiger partial charge in [-0.3, -0.25) is 10.4 Å². The summed E-state index contributed by atoms with van der Waals surface area (Å²) in [5.41, 5.74) is 4.49. The number of halogens is 2. The van der Waals surface area contributed by atoms with Crippen LogP contribution in [0, 0.1) is 5.41 Å². The maximum atomic E-state index is 8.23. The Kier molecular flexibility index (Phi) is 5.04. The minimum absolute atomic E-state index is 0.105. The smallest absolute Gasteiger partial charge is 0.120 e. The number of aromatic nitrogens is 1. The highest BCUT2D eigenvalue weighted by molar-refractivity contribution is 7.16. The molecule has 1 aliphatic heterocycles. The van der Waals surface area contributed by atoms with Gasteiger partial charge in [0.15, 0.2) is 0 Å². The molecule has 136 valence electrons. The van der Waals surface area contributed by atoms with E-state index in [-0.39, 0.29) is 5.92 Å². The molecule has 0 aliphatic carbocycles. The molecule has 0 unspecified atom stereocenters. The Bertz CT molecular complexity index is 1030. The van der Waals surface area contributed by atoms with Gasteiger partial charge in [0.25, 0.3) is 0 Å². The molecule has 6 heteroatoms. The highest BCUT2D eigenvalue weighted by atomic mass is 35.5. The van der Waals surface area contributed by atoms with Crippen molar-refractivity contribution in [3.63, 3.8) is 0 Å². The second-order valence-corrected chi connectivity index (χ2v) is 8.64. The predicted molar refractivity (Wildman–Crippen MR) is 114 cm³/mol. The van der Waals surface area contributed by atoms with Crippen LogP contribution in [0.4, 0.5) is 0 Å². The van der Waals surface area contributed by atoms with Crippen LogP contribution in [0.3, 0.4) is 0 Å². The summed E-state index contributed by atoms with van der Waals surface area (Å²) in [6, 6.07) is 12.3. The van der Waals surface area contributed by atoms with Gasteiger partial charge in [-0.15, -0.1) is 11.3 Å². The number of rotatable bonds is 3. The van der Waals surface area contributed by atoms with Gasteiger partial charge in [0, 0.05) is 35.3 Å². The van der Waals surface area contributed by atoms with Gasteiger partial charge in [-0.1, -0.05) is 54.0 Å². The molecule has 1 atom stereocenters. The number of hydrogen-bond acceptors (Lipinski definition) is 3. The minimum Gasteiger partial charge on any atom is -0.351 e. The molecule has 2 aromatic heterocycles. The molecule has 3 aromatic rings. The fourth-order valence-corrected chi connectivity index (χ4v) is 5.12. The molecule has 0 fully saturated rings. The van der Waals surface area contributed by atoms with Crippen LogP contribution in [0.15, 0.2) is 61.4 Å². The van der Waals surface area contributed by atoms with Gasteiger partial charge < -0.3 is 4.90 Å². The summed E-state index contributed by atoms with van der Waals surface area (Å²) < 4.78 is 0.777. The van der Waals surface area contributed by atoms with Gasteiger partial charge in [0.05, 0.1) is 15.9 Å². The first kappa shape index (κ1) is 18.2. The van der Waals surface area contributed by atoms with E-state index in [0.717, 1.165) is 15.5 Å². The van der Waals surface area contributed by atoms with Crippen LogP contribution in [0.1, 0.15) is 21.9 Å². The van der Waals surface area contributed by atoms with Crippen LogP contribution in [-0.2, 0) is 6.54 Å². The largest absolute Gasteiger partial charge is 0.351 e. The average molecular weight is 414 g/mol. The first-order valence-corrected chi connectivity index (χ1v) is 10.1. The Hall–Kier alpha value is -2.14. The van der Waals surface area contributed by atoms with Crippen molar-refractivity contribution in [2.45, 2.75) is 12.5 Å². The van der Waals surface area contributed by atoms with Crippen molar-refractivity contribution < 1.29 is 0 Å². The lowest BCUT2D eigenvalue weighted by Crippen LogP contribution is -2.36. The molecule has 0 saturated carbocycles. The molecule has 1 N–H and O–H groups in total. The number of pyridine rings is 1. The van der Waals surface area contributed by atoms with Crippen LogP contribution in [0.5, 0.6) is 0 Å². The van der Waals surface area contributed by atoms with E-state index >= 15 is 0 Å². The molecule has 4 rings (SSSR count). The van der Waals surface area contributed by atoms with Crippen molar-refractivity contribution in [1.29, 1.82) is 5.41 Å². The zero-order valence-electron chi connectivity index (χ0n) is 14.5. The lowest BCUT2D eigenvalue weighted by atomic mass is 9.84. The molecule has 3 heterocycles. The SMILES string of the molecule is C=CC(=N)N1Cc2sc(Cl)cc2[C@@H](c2ccccc2-c2cncc(Cl)c2)C1. The number of thiophene rings is 1. The lowest BCUT2D eigenvalue weighted by molar-refractivity contribution is 0.375. The Morgan fingerprint density at radius 2 is 2.04 bits per heavy atom. The summed E-state index contributed by atoms with van der Waals surface area (Å²) in [7, 11) is 0. The summed E-state index contributed by atoms with van der Waals surface area (Å²) in [6.45, 7) is 5.15. The Balaban J connectivity index is 1.85. The molecule has 27 heavy (non-hydrogen) atoms. The highest BCUT2D eigenvalue weighted by Gasteiger charge is 2.30. The van der Waals surface area contributed by atoms with Gasteiger partial charge in [0.1, 0.15) is 5.84 Å². The van der Waals surface area contributed by atoms with E-state index in [1.54, 1.807) is 23.6 Å². The zero-order valence-corrected chi connectivity index (χ0v) is 16.8. The van der Waals surface area contributed by atoms with Crippen molar-refractivity contribution in [3.05, 3.63) is 86.8 Å². The topological polar surface area (TPSA) is 40.0 Å². The zero-order chi connectivity index (χ0) is 19.0. The predicted octanol–water partition coefficient (Wildman–Crippen LogP) is 6.23. The Morgan fingerprint density at radius 1 is 1.22 bits per heavy atom. The molecule has 1 aliphatic rings. The van der Waals surface area contributed by atoms with Crippen LogP contribution in [0.25, 0.3) is 11.1 Å². The third-order valence-electron chi connectivity index (χ3n) is 4.81. The van der Waals surface area contributed by atoms with Gasteiger partial charge in [-0.25, -0.2) is 0 Å². The monoisotopic (exact) mass is 413 g/mol. The maximum Gasteiger partial charge on any atom is 0.120 e. The van der Waals surface area contributed by atoms with Crippen molar-refractivity contribution in [3.8, 4) is 11.1 Å². The van der Waals surface area contributed by atoms with Crippen molar-refractivity contribution >= 4 is 40.4 Å². The first-order chi connectivity index (χ1) is 13.1. The number of fused-ring (bicyclic) bond motifs is 1. The number of amidine groups is 1. The van der Waals surface area contributed by atoms with E-state index in [0.29, 0.717) is 23.9 Å². The quantitative estimate of drug-likeness (QED) is 0.408. The lowest BCUT2D eigenvalue weighted by Gasteiger charge is -2.34. The third kappa shape index (κ3) is 3.53. The second-order valence-electron chi connectivity index (χ2n) is 6.43. The molecule has 0 radical (unpaired) electrons. The number of nitrogens with zero attached hydrogens (tertiary/aromatic N) is 2. The average Bonchev–Trinajstić information content (AvgIpc) is 3.06. The Morgan fingerprint density at radius 3 is 2.81 bits per heavy atom. The Labute approximate surface area is 172 Å². The van der Waals surface area contributed by atoms with E-state index in [1.807, 2.05) is 29.3 Å².